The number of methoxy groups -OCH3 is 1. The van der Waals surface area contributed by atoms with Crippen LogP contribution in [0.3, 0.4) is 0 Å². The fourth-order valence-corrected chi connectivity index (χ4v) is 2.09. The fourth-order valence-electron chi connectivity index (χ4n) is 2.09. The zero-order valence-corrected chi connectivity index (χ0v) is 11.2. The third kappa shape index (κ3) is 5.02. The summed E-state index contributed by atoms with van der Waals surface area (Å²) in [5.41, 5.74) is 0. The van der Waals surface area contributed by atoms with Crippen molar-refractivity contribution in [2.24, 2.45) is 0 Å². The molecular weight excluding hydrogens is 218 g/mol. The number of nitrogens with zero attached hydrogens (tertiary/aromatic N) is 2. The molecule has 1 saturated heterocycles. The van der Waals surface area contributed by atoms with E-state index in [2.05, 4.69) is 29.0 Å². The van der Waals surface area contributed by atoms with Gasteiger partial charge in [0.05, 0.1) is 0 Å². The summed E-state index contributed by atoms with van der Waals surface area (Å²) in [4.78, 5) is 16.1. The maximum absolute atomic E-state index is 11.3. The number of rotatable bonds is 6. The highest BCUT2D eigenvalue weighted by molar-refractivity contribution is 5.77. The molecule has 0 bridgehead atoms. The molecule has 17 heavy (non-hydrogen) atoms. The molecule has 1 fully saturated rings. The summed E-state index contributed by atoms with van der Waals surface area (Å²) < 4.78 is 4.78. The average molecular weight is 243 g/mol. The van der Waals surface area contributed by atoms with Gasteiger partial charge in [-0.3, -0.25) is 9.69 Å². The van der Waals surface area contributed by atoms with Gasteiger partial charge in [0, 0.05) is 45.9 Å². The third-order valence-corrected chi connectivity index (χ3v) is 3.35. The molecule has 1 atom stereocenters. The first-order valence-corrected chi connectivity index (χ1v) is 6.39. The van der Waals surface area contributed by atoms with Crippen molar-refractivity contribution in [3.8, 4) is 0 Å². The van der Waals surface area contributed by atoms with Crippen molar-refractivity contribution in [1.82, 2.24) is 15.1 Å². The molecule has 5 nitrogen and oxygen atoms in total. The summed E-state index contributed by atoms with van der Waals surface area (Å²) in [6.07, 6.45) is 0. The first kappa shape index (κ1) is 14.4. The predicted octanol–water partition coefficient (Wildman–Crippen LogP) is -0.225. The van der Waals surface area contributed by atoms with Gasteiger partial charge in [0.15, 0.2) is 0 Å². The lowest BCUT2D eigenvalue weighted by Crippen LogP contribution is -2.52. The van der Waals surface area contributed by atoms with E-state index in [9.17, 15) is 4.79 Å². The molecule has 1 amide bonds. The van der Waals surface area contributed by atoms with E-state index in [4.69, 9.17) is 4.74 Å². The van der Waals surface area contributed by atoms with Crippen molar-refractivity contribution in [3.05, 3.63) is 0 Å². The lowest BCUT2D eigenvalue weighted by atomic mass is 10.2. The van der Waals surface area contributed by atoms with Gasteiger partial charge in [0.1, 0.15) is 6.61 Å². The summed E-state index contributed by atoms with van der Waals surface area (Å²) >= 11 is 0. The van der Waals surface area contributed by atoms with Crippen molar-refractivity contribution in [2.75, 3.05) is 53.0 Å². The molecule has 1 aliphatic rings. The van der Waals surface area contributed by atoms with E-state index in [1.807, 2.05) is 0 Å². The Morgan fingerprint density at radius 2 is 2.00 bits per heavy atom. The van der Waals surface area contributed by atoms with Crippen molar-refractivity contribution >= 4 is 5.91 Å². The maximum Gasteiger partial charge on any atom is 0.246 e. The van der Waals surface area contributed by atoms with E-state index in [1.54, 1.807) is 0 Å². The van der Waals surface area contributed by atoms with E-state index >= 15 is 0 Å². The van der Waals surface area contributed by atoms with Crippen molar-refractivity contribution in [2.45, 2.75) is 19.9 Å². The van der Waals surface area contributed by atoms with Gasteiger partial charge < -0.3 is 15.0 Å². The Morgan fingerprint density at radius 1 is 1.35 bits per heavy atom. The van der Waals surface area contributed by atoms with Gasteiger partial charge in [0.25, 0.3) is 0 Å². The molecule has 0 aromatic rings. The van der Waals surface area contributed by atoms with Crippen LogP contribution in [0.5, 0.6) is 0 Å². The molecule has 1 heterocycles. The predicted molar refractivity (Wildman–Crippen MR) is 68.0 cm³/mol. The van der Waals surface area contributed by atoms with E-state index in [1.165, 1.54) is 7.11 Å². The average Bonchev–Trinajstić information content (AvgIpc) is 2.36. The minimum absolute atomic E-state index is 0.0356. The van der Waals surface area contributed by atoms with Gasteiger partial charge in [-0.1, -0.05) is 6.92 Å². The normalized spacial score (nSPS) is 20.2. The number of ether oxygens (including phenoxy) is 1. The van der Waals surface area contributed by atoms with Crippen LogP contribution in [-0.2, 0) is 9.53 Å². The van der Waals surface area contributed by atoms with E-state index in [-0.39, 0.29) is 12.5 Å². The maximum atomic E-state index is 11.3. The van der Waals surface area contributed by atoms with E-state index < -0.39 is 0 Å². The van der Waals surface area contributed by atoms with Gasteiger partial charge in [0.2, 0.25) is 5.91 Å². The van der Waals surface area contributed by atoms with Crippen LogP contribution in [0.1, 0.15) is 13.8 Å². The molecule has 0 spiro atoms. The quantitative estimate of drug-likeness (QED) is 0.700. The van der Waals surface area contributed by atoms with E-state index in [0.717, 1.165) is 32.7 Å². The SMILES string of the molecule is CCN1CCN([C@@H](C)CNC(=O)COC)CC1. The molecule has 0 aromatic heterocycles. The molecule has 0 aliphatic carbocycles. The number of hydrogen-bond donors (Lipinski definition) is 1. The lowest BCUT2D eigenvalue weighted by Gasteiger charge is -2.37. The van der Waals surface area contributed by atoms with Crippen molar-refractivity contribution in [1.29, 1.82) is 0 Å². The smallest absolute Gasteiger partial charge is 0.246 e. The molecular formula is C12H25N3O2. The Hall–Kier alpha value is -0.650. The summed E-state index contributed by atoms with van der Waals surface area (Å²) in [5.74, 6) is -0.0356. The Labute approximate surface area is 104 Å². The number of carbonyl (C=O) groups excluding carboxylic acids is 1. The molecule has 0 saturated carbocycles. The Balaban J connectivity index is 2.20. The minimum Gasteiger partial charge on any atom is -0.375 e. The van der Waals surface area contributed by atoms with Crippen LogP contribution < -0.4 is 5.32 Å². The summed E-state index contributed by atoms with van der Waals surface area (Å²) in [6.45, 7) is 10.8. The van der Waals surface area contributed by atoms with Gasteiger partial charge in [-0.15, -0.1) is 0 Å². The second-order valence-electron chi connectivity index (χ2n) is 4.56. The number of hydrogen-bond acceptors (Lipinski definition) is 4. The van der Waals surface area contributed by atoms with E-state index in [0.29, 0.717) is 12.6 Å². The lowest BCUT2D eigenvalue weighted by molar-refractivity contribution is -0.125. The number of nitrogens with one attached hydrogen (secondary N) is 1. The topological polar surface area (TPSA) is 44.8 Å². The first-order valence-electron chi connectivity index (χ1n) is 6.39. The molecule has 100 valence electrons. The van der Waals surface area contributed by atoms with Gasteiger partial charge in [-0.05, 0) is 13.5 Å². The number of piperazine rings is 1. The van der Waals surface area contributed by atoms with Gasteiger partial charge in [-0.2, -0.15) is 0 Å². The minimum atomic E-state index is -0.0356. The molecule has 5 heteroatoms. The fraction of sp³-hybridized carbons (Fsp3) is 0.917. The van der Waals surface area contributed by atoms with Crippen LogP contribution in [0.15, 0.2) is 0 Å². The zero-order valence-electron chi connectivity index (χ0n) is 11.2. The summed E-state index contributed by atoms with van der Waals surface area (Å²) in [6, 6.07) is 0.398. The van der Waals surface area contributed by atoms with Crippen molar-refractivity contribution < 1.29 is 9.53 Å². The van der Waals surface area contributed by atoms with Crippen LogP contribution in [-0.4, -0.2) is 74.7 Å². The number of likely N-dealkylation sites (N-methyl/N-ethyl adjacent to an activating group) is 1. The third-order valence-electron chi connectivity index (χ3n) is 3.35. The summed E-state index contributed by atoms with van der Waals surface area (Å²) in [7, 11) is 1.53. The molecule has 1 rings (SSSR count). The molecule has 0 unspecified atom stereocenters. The van der Waals surface area contributed by atoms with Crippen LogP contribution in [0.25, 0.3) is 0 Å². The number of carbonyl (C=O) groups is 1. The van der Waals surface area contributed by atoms with Crippen LogP contribution in [0.4, 0.5) is 0 Å². The van der Waals surface area contributed by atoms with Crippen molar-refractivity contribution in [3.63, 3.8) is 0 Å². The Bertz CT molecular complexity index is 228. The first-order chi connectivity index (χ1) is 8.17. The van der Waals surface area contributed by atoms with Gasteiger partial charge >= 0.3 is 0 Å². The molecule has 0 aromatic carbocycles. The highest BCUT2D eigenvalue weighted by Crippen LogP contribution is 2.05. The molecule has 1 N–H and O–H groups in total. The highest BCUT2D eigenvalue weighted by atomic mass is 16.5. The van der Waals surface area contributed by atoms with Gasteiger partial charge in [-0.25, -0.2) is 0 Å². The highest BCUT2D eigenvalue weighted by Gasteiger charge is 2.20. The largest absolute Gasteiger partial charge is 0.375 e. The summed E-state index contributed by atoms with van der Waals surface area (Å²) in [5, 5.41) is 2.89. The van der Waals surface area contributed by atoms with Crippen LogP contribution in [0.2, 0.25) is 0 Å². The van der Waals surface area contributed by atoms with Crippen LogP contribution >= 0.6 is 0 Å². The molecule has 0 radical (unpaired) electrons. The van der Waals surface area contributed by atoms with Crippen LogP contribution in [0, 0.1) is 0 Å². The monoisotopic (exact) mass is 243 g/mol. The molecule has 1 aliphatic heterocycles. The second-order valence-corrected chi connectivity index (χ2v) is 4.56. The second kappa shape index (κ2) is 7.63. The Kier molecular flexibility index (Phi) is 6.47. The standard InChI is InChI=1S/C12H25N3O2/c1-4-14-5-7-15(8-6-14)11(2)9-13-12(16)10-17-3/h11H,4-10H2,1-3H3,(H,13,16)/t11-/m0/s1. The Morgan fingerprint density at radius 3 is 2.53 bits per heavy atom. The zero-order chi connectivity index (χ0) is 12.7. The number of amides is 1.